The molecular formula is C19H17O2S+. The Bertz CT molecular complexity index is 702. The predicted molar refractivity (Wildman–Crippen MR) is 89.7 cm³/mol. The van der Waals surface area contributed by atoms with Gasteiger partial charge in [0.25, 0.3) is 0 Å². The third-order valence-corrected chi connectivity index (χ3v) is 5.56. The molecule has 0 atom stereocenters. The van der Waals surface area contributed by atoms with Crippen LogP contribution in [0.1, 0.15) is 0 Å². The molecule has 0 saturated carbocycles. The lowest BCUT2D eigenvalue weighted by Gasteiger charge is -2.09. The second-order valence-electron chi connectivity index (χ2n) is 4.77. The van der Waals surface area contributed by atoms with E-state index < -0.39 is 0 Å². The molecule has 3 rings (SSSR count). The highest BCUT2D eigenvalue weighted by molar-refractivity contribution is 7.97. The molecule has 0 aliphatic rings. The number of aromatic hydroxyl groups is 1. The first-order chi connectivity index (χ1) is 10.8. The molecule has 0 amide bonds. The van der Waals surface area contributed by atoms with Crippen molar-refractivity contribution in [2.75, 3.05) is 7.11 Å². The van der Waals surface area contributed by atoms with E-state index in [1.54, 1.807) is 13.2 Å². The van der Waals surface area contributed by atoms with Crippen LogP contribution in [0.15, 0.2) is 93.5 Å². The maximum atomic E-state index is 9.84. The van der Waals surface area contributed by atoms with Gasteiger partial charge in [0.15, 0.2) is 26.2 Å². The van der Waals surface area contributed by atoms with Gasteiger partial charge in [0.2, 0.25) is 0 Å². The lowest BCUT2D eigenvalue weighted by Crippen LogP contribution is -2.04. The summed E-state index contributed by atoms with van der Waals surface area (Å²) in [4.78, 5) is 3.59. The number of phenols is 1. The summed E-state index contributed by atoms with van der Waals surface area (Å²) in [5, 5.41) is 9.84. The average Bonchev–Trinajstić information content (AvgIpc) is 2.58. The largest absolute Gasteiger partial charge is 0.504 e. The molecule has 110 valence electrons. The lowest BCUT2D eigenvalue weighted by atomic mass is 10.3. The van der Waals surface area contributed by atoms with Crippen molar-refractivity contribution in [1.82, 2.24) is 0 Å². The van der Waals surface area contributed by atoms with Gasteiger partial charge in [0, 0.05) is 6.07 Å². The summed E-state index contributed by atoms with van der Waals surface area (Å²) in [7, 11) is 1.35. The highest BCUT2D eigenvalue weighted by Gasteiger charge is 2.29. The minimum absolute atomic E-state index is 0.163. The van der Waals surface area contributed by atoms with Gasteiger partial charge in [0.05, 0.1) is 18.0 Å². The molecule has 0 spiro atoms. The molecule has 3 aromatic rings. The Morgan fingerprint density at radius 3 is 1.77 bits per heavy atom. The third kappa shape index (κ3) is 2.95. The van der Waals surface area contributed by atoms with E-state index in [-0.39, 0.29) is 16.6 Å². The first-order valence-electron chi connectivity index (χ1n) is 7.01. The third-order valence-electron chi connectivity index (χ3n) is 3.34. The first-order valence-corrected chi connectivity index (χ1v) is 8.23. The Morgan fingerprint density at radius 1 is 0.727 bits per heavy atom. The number of methoxy groups -OCH3 is 1. The Hall–Kier alpha value is -2.39. The summed E-state index contributed by atoms with van der Waals surface area (Å²) in [5.74, 6) is 0.665. The zero-order chi connectivity index (χ0) is 15.4. The van der Waals surface area contributed by atoms with Crippen LogP contribution in [0, 0.1) is 0 Å². The smallest absolute Gasteiger partial charge is 0.170 e. The number of phenolic OH excluding ortho intramolecular Hbond substituents is 1. The monoisotopic (exact) mass is 309 g/mol. The number of hydrogen-bond donors (Lipinski definition) is 1. The minimum Gasteiger partial charge on any atom is -0.504 e. The fourth-order valence-corrected chi connectivity index (χ4v) is 4.41. The normalized spacial score (nSPS) is 10.6. The predicted octanol–water partition coefficient (Wildman–Crippen LogP) is 4.50. The van der Waals surface area contributed by atoms with Crippen molar-refractivity contribution >= 4 is 10.9 Å². The van der Waals surface area contributed by atoms with Gasteiger partial charge in [-0.15, -0.1) is 0 Å². The lowest BCUT2D eigenvalue weighted by molar-refractivity contribution is 0.372. The summed E-state index contributed by atoms with van der Waals surface area (Å²) in [6.45, 7) is 0. The zero-order valence-electron chi connectivity index (χ0n) is 12.3. The summed E-state index contributed by atoms with van der Waals surface area (Å²) in [6.07, 6.45) is 0. The molecule has 0 radical (unpaired) electrons. The summed E-state index contributed by atoms with van der Waals surface area (Å²) < 4.78 is 5.26. The van der Waals surface area contributed by atoms with Gasteiger partial charge < -0.3 is 9.84 Å². The Morgan fingerprint density at radius 2 is 1.27 bits per heavy atom. The fourth-order valence-electron chi connectivity index (χ4n) is 2.31. The van der Waals surface area contributed by atoms with Crippen molar-refractivity contribution in [2.24, 2.45) is 0 Å². The SMILES string of the molecule is COc1cc([S+](c2ccccc2)c2ccccc2)ccc1O. The van der Waals surface area contributed by atoms with Crippen molar-refractivity contribution in [3.63, 3.8) is 0 Å². The molecule has 0 aromatic heterocycles. The van der Waals surface area contributed by atoms with Crippen molar-refractivity contribution in [3.05, 3.63) is 78.9 Å². The second-order valence-corrected chi connectivity index (χ2v) is 6.79. The van der Waals surface area contributed by atoms with Crippen LogP contribution in [-0.4, -0.2) is 12.2 Å². The Kier molecular flexibility index (Phi) is 4.35. The quantitative estimate of drug-likeness (QED) is 0.719. The maximum absolute atomic E-state index is 9.84. The van der Waals surface area contributed by atoms with Crippen LogP contribution in [0.25, 0.3) is 0 Å². The van der Waals surface area contributed by atoms with Crippen LogP contribution in [0.2, 0.25) is 0 Å². The van der Waals surface area contributed by atoms with Crippen LogP contribution in [0.5, 0.6) is 11.5 Å². The minimum atomic E-state index is -0.226. The van der Waals surface area contributed by atoms with E-state index in [4.69, 9.17) is 4.74 Å². The molecule has 2 nitrogen and oxygen atoms in total. The number of hydrogen-bond acceptors (Lipinski definition) is 2. The topological polar surface area (TPSA) is 29.5 Å². The zero-order valence-corrected chi connectivity index (χ0v) is 13.1. The molecule has 3 heteroatoms. The van der Waals surface area contributed by atoms with E-state index >= 15 is 0 Å². The molecule has 0 unspecified atom stereocenters. The highest BCUT2D eigenvalue weighted by atomic mass is 32.2. The molecule has 0 fully saturated rings. The summed E-state index contributed by atoms with van der Waals surface area (Å²) in [5.41, 5.74) is 0. The molecule has 0 aliphatic heterocycles. The number of ether oxygens (including phenoxy) is 1. The van der Waals surface area contributed by atoms with E-state index in [0.29, 0.717) is 5.75 Å². The average molecular weight is 309 g/mol. The van der Waals surface area contributed by atoms with Gasteiger partial charge in [-0.3, -0.25) is 0 Å². The van der Waals surface area contributed by atoms with E-state index in [2.05, 4.69) is 48.5 Å². The van der Waals surface area contributed by atoms with Gasteiger partial charge in [-0.05, 0) is 36.4 Å². The van der Waals surface area contributed by atoms with E-state index in [1.807, 2.05) is 24.3 Å². The second kappa shape index (κ2) is 6.58. The van der Waals surface area contributed by atoms with E-state index in [9.17, 15) is 5.11 Å². The van der Waals surface area contributed by atoms with E-state index in [1.165, 1.54) is 9.79 Å². The summed E-state index contributed by atoms with van der Waals surface area (Å²) in [6, 6.07) is 26.4. The molecule has 0 saturated heterocycles. The van der Waals surface area contributed by atoms with E-state index in [0.717, 1.165) is 4.90 Å². The van der Waals surface area contributed by atoms with Crippen LogP contribution in [0.4, 0.5) is 0 Å². The molecular weight excluding hydrogens is 292 g/mol. The van der Waals surface area contributed by atoms with Crippen LogP contribution in [0.3, 0.4) is 0 Å². The van der Waals surface area contributed by atoms with Crippen molar-refractivity contribution < 1.29 is 9.84 Å². The van der Waals surface area contributed by atoms with Crippen molar-refractivity contribution in [3.8, 4) is 11.5 Å². The molecule has 1 N–H and O–H groups in total. The van der Waals surface area contributed by atoms with Gasteiger partial charge in [-0.1, -0.05) is 36.4 Å². The maximum Gasteiger partial charge on any atom is 0.170 e. The van der Waals surface area contributed by atoms with Crippen LogP contribution >= 0.6 is 0 Å². The van der Waals surface area contributed by atoms with Crippen molar-refractivity contribution in [2.45, 2.75) is 14.7 Å². The van der Waals surface area contributed by atoms with Crippen LogP contribution in [-0.2, 0) is 10.9 Å². The molecule has 22 heavy (non-hydrogen) atoms. The number of benzene rings is 3. The first kappa shape index (κ1) is 14.5. The van der Waals surface area contributed by atoms with Gasteiger partial charge in [0.1, 0.15) is 0 Å². The van der Waals surface area contributed by atoms with Gasteiger partial charge in [-0.25, -0.2) is 0 Å². The highest BCUT2D eigenvalue weighted by Crippen LogP contribution is 2.35. The van der Waals surface area contributed by atoms with Crippen LogP contribution < -0.4 is 4.74 Å². The Labute approximate surface area is 133 Å². The standard InChI is InChI=1S/C19H16O2S/c1-21-19-14-17(12-13-18(19)20)22(15-8-4-2-5-9-15)16-10-6-3-7-11-16/h2-14H,1H3/p+1. The van der Waals surface area contributed by atoms with Crippen molar-refractivity contribution in [1.29, 1.82) is 0 Å². The number of rotatable bonds is 4. The fraction of sp³-hybridized carbons (Fsp3) is 0.0526. The molecule has 0 aliphatic carbocycles. The Balaban J connectivity index is 2.14. The van der Waals surface area contributed by atoms with Gasteiger partial charge in [-0.2, -0.15) is 0 Å². The molecule has 0 bridgehead atoms. The molecule has 3 aromatic carbocycles. The van der Waals surface area contributed by atoms with Gasteiger partial charge >= 0.3 is 0 Å². The summed E-state index contributed by atoms with van der Waals surface area (Å²) >= 11 is 0. The molecule has 0 heterocycles.